The van der Waals surface area contributed by atoms with Gasteiger partial charge >= 0.3 is 0 Å². The molecule has 32 heavy (non-hydrogen) atoms. The highest BCUT2D eigenvalue weighted by Crippen LogP contribution is 2.39. The summed E-state index contributed by atoms with van der Waals surface area (Å²) in [7, 11) is 0. The number of hydrogen-bond acceptors (Lipinski definition) is 3. The van der Waals surface area contributed by atoms with E-state index in [1.165, 1.54) is 36.0 Å². The molecular weight excluding hydrogens is 426 g/mol. The first-order valence-electron chi connectivity index (χ1n) is 9.87. The van der Waals surface area contributed by atoms with Gasteiger partial charge in [-0.15, -0.1) is 11.8 Å². The molecule has 0 atom stereocenters. The van der Waals surface area contributed by atoms with Gasteiger partial charge in [-0.1, -0.05) is 72.8 Å². The number of halogens is 2. The third kappa shape index (κ3) is 4.12. The van der Waals surface area contributed by atoms with Gasteiger partial charge in [-0.25, -0.2) is 8.78 Å². The van der Waals surface area contributed by atoms with Crippen molar-refractivity contribution in [2.45, 2.75) is 4.90 Å². The summed E-state index contributed by atoms with van der Waals surface area (Å²) in [6, 6.07) is 23.9. The fourth-order valence-corrected chi connectivity index (χ4v) is 4.08. The molecule has 0 aliphatic heterocycles. The van der Waals surface area contributed by atoms with E-state index in [1.807, 2.05) is 0 Å². The van der Waals surface area contributed by atoms with Gasteiger partial charge in [0.25, 0.3) is 0 Å². The maximum atomic E-state index is 15.5. The molecule has 158 valence electrons. The molecule has 0 aliphatic carbocycles. The predicted octanol–water partition coefficient (Wildman–Crippen LogP) is 7.09. The molecule has 4 aromatic carbocycles. The summed E-state index contributed by atoms with van der Waals surface area (Å²) in [4.78, 5) is 26.4. The lowest BCUT2D eigenvalue weighted by atomic mass is 9.88. The van der Waals surface area contributed by atoms with E-state index in [1.54, 1.807) is 73.0 Å². The van der Waals surface area contributed by atoms with Crippen LogP contribution in [0.15, 0.2) is 95.9 Å². The molecule has 0 aliphatic rings. The molecule has 4 aromatic rings. The first-order valence-corrected chi connectivity index (χ1v) is 11.1. The van der Waals surface area contributed by atoms with Crippen LogP contribution in [0.5, 0.6) is 0 Å². The summed E-state index contributed by atoms with van der Waals surface area (Å²) in [6.45, 7) is 0. The predicted molar refractivity (Wildman–Crippen MR) is 124 cm³/mol. The van der Waals surface area contributed by atoms with Gasteiger partial charge < -0.3 is 0 Å². The number of thioether (sulfide) groups is 1. The number of benzene rings is 4. The topological polar surface area (TPSA) is 34.1 Å². The van der Waals surface area contributed by atoms with Crippen molar-refractivity contribution in [3.05, 3.63) is 114 Å². The Labute approximate surface area is 188 Å². The number of rotatable bonds is 6. The molecule has 0 bridgehead atoms. The van der Waals surface area contributed by atoms with Crippen LogP contribution >= 0.6 is 11.8 Å². The van der Waals surface area contributed by atoms with Gasteiger partial charge in [0.1, 0.15) is 11.6 Å². The van der Waals surface area contributed by atoms with Gasteiger partial charge in [-0.05, 0) is 41.1 Å². The number of hydrogen-bond donors (Lipinski definition) is 0. The van der Waals surface area contributed by atoms with Gasteiger partial charge in [0, 0.05) is 21.6 Å². The zero-order valence-corrected chi connectivity index (χ0v) is 18.0. The van der Waals surface area contributed by atoms with Gasteiger partial charge in [-0.3, -0.25) is 9.59 Å². The van der Waals surface area contributed by atoms with Crippen molar-refractivity contribution in [1.82, 2.24) is 0 Å². The Bertz CT molecular complexity index is 1300. The van der Waals surface area contributed by atoms with E-state index >= 15 is 4.39 Å². The number of carbonyl (C=O) groups is 2. The molecule has 0 radical (unpaired) electrons. The second kappa shape index (κ2) is 9.28. The maximum absolute atomic E-state index is 15.5. The van der Waals surface area contributed by atoms with Crippen molar-refractivity contribution in [3.63, 3.8) is 0 Å². The molecule has 0 aromatic heterocycles. The lowest BCUT2D eigenvalue weighted by Gasteiger charge is -2.16. The molecular formula is C27H18F2O2S. The van der Waals surface area contributed by atoms with E-state index in [0.29, 0.717) is 21.6 Å². The fourth-order valence-electron chi connectivity index (χ4n) is 3.60. The lowest BCUT2D eigenvalue weighted by molar-refractivity contribution is 0.0817. The van der Waals surface area contributed by atoms with E-state index in [2.05, 4.69) is 0 Å². The van der Waals surface area contributed by atoms with Crippen molar-refractivity contribution in [1.29, 1.82) is 0 Å². The zero-order chi connectivity index (χ0) is 22.7. The van der Waals surface area contributed by atoms with Crippen molar-refractivity contribution < 1.29 is 18.4 Å². The maximum Gasteiger partial charge on any atom is 0.234 e. The summed E-state index contributed by atoms with van der Waals surface area (Å²) in [6.07, 6.45) is 1.77. The Kier molecular flexibility index (Phi) is 6.28. The molecule has 0 heterocycles. The Morgan fingerprint density at radius 2 is 1.34 bits per heavy atom. The average Bonchev–Trinajstić information content (AvgIpc) is 2.84. The normalized spacial score (nSPS) is 10.7. The number of carbonyl (C=O) groups excluding carboxylic acids is 2. The molecule has 0 amide bonds. The van der Waals surface area contributed by atoms with Gasteiger partial charge in [-0.2, -0.15) is 0 Å². The van der Waals surface area contributed by atoms with Crippen LogP contribution < -0.4 is 0 Å². The van der Waals surface area contributed by atoms with Crippen LogP contribution in [0.1, 0.15) is 20.7 Å². The summed E-state index contributed by atoms with van der Waals surface area (Å²) < 4.78 is 29.0. The Morgan fingerprint density at radius 3 is 2.03 bits per heavy atom. The molecule has 0 saturated heterocycles. The molecule has 0 saturated carbocycles. The van der Waals surface area contributed by atoms with Crippen molar-refractivity contribution in [2.24, 2.45) is 0 Å². The molecule has 0 N–H and O–H groups in total. The Hall–Kier alpha value is -3.57. The van der Waals surface area contributed by atoms with E-state index < -0.39 is 23.2 Å². The smallest absolute Gasteiger partial charge is 0.234 e. The summed E-state index contributed by atoms with van der Waals surface area (Å²) in [5, 5.41) is 0. The van der Waals surface area contributed by atoms with E-state index in [9.17, 15) is 14.0 Å². The summed E-state index contributed by atoms with van der Waals surface area (Å²) in [5.74, 6) is -2.20. The minimum Gasteiger partial charge on any atom is -0.285 e. The second-order valence-corrected chi connectivity index (χ2v) is 7.93. The standard InChI is InChI=1S/C27H18F2O2S/c1-32-23-16-15-21(24(25(23)29)17-11-13-19(28)14-12-17)20-9-5-6-10-22(20)27(31)26(30)18-7-3-2-4-8-18/h2-16H,1H3. The van der Waals surface area contributed by atoms with Crippen LogP contribution in [-0.4, -0.2) is 17.8 Å². The zero-order valence-electron chi connectivity index (χ0n) is 17.1. The fraction of sp³-hybridized carbons (Fsp3) is 0.0370. The highest BCUT2D eigenvalue weighted by atomic mass is 32.2. The Morgan fingerprint density at radius 1 is 0.688 bits per heavy atom. The van der Waals surface area contributed by atoms with Crippen LogP contribution in [-0.2, 0) is 0 Å². The number of ketones is 2. The third-order valence-corrected chi connectivity index (χ3v) is 5.92. The SMILES string of the molecule is CSc1ccc(-c2ccccc2C(=O)C(=O)c2ccccc2)c(-c2ccc(F)cc2)c1F. The van der Waals surface area contributed by atoms with Crippen molar-refractivity contribution in [2.75, 3.05) is 6.26 Å². The summed E-state index contributed by atoms with van der Waals surface area (Å²) >= 11 is 1.25. The minimum atomic E-state index is -0.675. The van der Waals surface area contributed by atoms with Crippen molar-refractivity contribution in [3.8, 4) is 22.3 Å². The van der Waals surface area contributed by atoms with Crippen molar-refractivity contribution >= 4 is 23.3 Å². The first-order chi connectivity index (χ1) is 15.5. The minimum absolute atomic E-state index is 0.181. The Balaban J connectivity index is 1.90. The van der Waals surface area contributed by atoms with Gasteiger partial charge in [0.15, 0.2) is 0 Å². The van der Waals surface area contributed by atoms with Crippen LogP contribution in [0.25, 0.3) is 22.3 Å². The van der Waals surface area contributed by atoms with Gasteiger partial charge in [0.05, 0.1) is 0 Å². The largest absolute Gasteiger partial charge is 0.285 e. The number of Topliss-reactive ketones (excluding diaryl/α,β-unsaturated/α-hetero) is 2. The first kappa shape index (κ1) is 21.7. The van der Waals surface area contributed by atoms with Crippen LogP contribution in [0.2, 0.25) is 0 Å². The van der Waals surface area contributed by atoms with E-state index in [0.717, 1.165) is 0 Å². The van der Waals surface area contributed by atoms with Gasteiger partial charge in [0.2, 0.25) is 11.6 Å². The third-order valence-electron chi connectivity index (χ3n) is 5.16. The average molecular weight is 445 g/mol. The lowest BCUT2D eigenvalue weighted by Crippen LogP contribution is -2.15. The molecule has 0 spiro atoms. The summed E-state index contributed by atoms with van der Waals surface area (Å²) in [5.41, 5.74) is 2.09. The highest BCUT2D eigenvalue weighted by Gasteiger charge is 2.24. The monoisotopic (exact) mass is 444 g/mol. The van der Waals surface area contributed by atoms with Crippen LogP contribution in [0.4, 0.5) is 8.78 Å². The van der Waals surface area contributed by atoms with Crippen LogP contribution in [0, 0.1) is 11.6 Å². The molecule has 0 fully saturated rings. The second-order valence-electron chi connectivity index (χ2n) is 7.08. The van der Waals surface area contributed by atoms with Crippen LogP contribution in [0.3, 0.4) is 0 Å². The quantitative estimate of drug-likeness (QED) is 0.181. The van der Waals surface area contributed by atoms with E-state index in [4.69, 9.17) is 0 Å². The molecule has 4 rings (SSSR count). The molecule has 0 unspecified atom stereocenters. The molecule has 2 nitrogen and oxygen atoms in total. The molecule has 5 heteroatoms. The van der Waals surface area contributed by atoms with E-state index in [-0.39, 0.29) is 16.7 Å². The highest BCUT2D eigenvalue weighted by molar-refractivity contribution is 7.98.